The fourth-order valence-corrected chi connectivity index (χ4v) is 1.76. The van der Waals surface area contributed by atoms with Gasteiger partial charge in [-0.2, -0.15) is 5.10 Å². The Kier molecular flexibility index (Phi) is 3.85. The first-order chi connectivity index (χ1) is 9.08. The predicted molar refractivity (Wildman–Crippen MR) is 72.0 cm³/mol. The van der Waals surface area contributed by atoms with Crippen molar-refractivity contribution in [1.82, 2.24) is 9.78 Å². The molecule has 1 aromatic carbocycles. The maximum atomic E-state index is 11.3. The van der Waals surface area contributed by atoms with Gasteiger partial charge < -0.3 is 10.5 Å². The highest BCUT2D eigenvalue weighted by atomic mass is 16.5. The molecule has 100 valence electrons. The van der Waals surface area contributed by atoms with Crippen LogP contribution in [0.3, 0.4) is 0 Å². The first-order valence-electron chi connectivity index (χ1n) is 6.14. The topological polar surface area (TPSA) is 70.1 Å². The van der Waals surface area contributed by atoms with E-state index in [9.17, 15) is 4.79 Å². The van der Waals surface area contributed by atoms with E-state index >= 15 is 0 Å². The number of nitrogens with two attached hydrogens (primary N) is 1. The summed E-state index contributed by atoms with van der Waals surface area (Å²) in [5, 5.41) is 4.20. The van der Waals surface area contributed by atoms with Crippen molar-refractivity contribution in [3.8, 4) is 11.4 Å². The molecular formula is C14H17N3O2. The highest BCUT2D eigenvalue weighted by Crippen LogP contribution is 2.17. The average Bonchev–Trinajstić information content (AvgIpc) is 2.85. The molecule has 1 heterocycles. The molecule has 1 atom stereocenters. The van der Waals surface area contributed by atoms with Crippen molar-refractivity contribution in [2.45, 2.75) is 20.0 Å². The molecule has 0 fully saturated rings. The zero-order valence-electron chi connectivity index (χ0n) is 11.0. The summed E-state index contributed by atoms with van der Waals surface area (Å²) in [7, 11) is 0. The summed E-state index contributed by atoms with van der Waals surface area (Å²) in [4.78, 5) is 11.3. The van der Waals surface area contributed by atoms with E-state index < -0.39 is 12.0 Å². The lowest BCUT2D eigenvalue weighted by Gasteiger charge is -2.17. The molecule has 0 spiro atoms. The molecule has 5 nitrogen and oxygen atoms in total. The Balaban J connectivity index is 2.16. The molecular weight excluding hydrogens is 242 g/mol. The lowest BCUT2D eigenvalue weighted by Crippen LogP contribution is -2.37. The molecule has 2 aromatic rings. The summed E-state index contributed by atoms with van der Waals surface area (Å²) in [6, 6.07) is 9.66. The first kappa shape index (κ1) is 13.1. The number of hydrogen-bond acceptors (Lipinski definition) is 3. The zero-order valence-corrected chi connectivity index (χ0v) is 11.0. The van der Waals surface area contributed by atoms with Crippen LogP contribution in [0.25, 0.3) is 5.69 Å². The highest BCUT2D eigenvalue weighted by Gasteiger charge is 2.22. The zero-order chi connectivity index (χ0) is 13.8. The van der Waals surface area contributed by atoms with Gasteiger partial charge in [-0.15, -0.1) is 0 Å². The van der Waals surface area contributed by atoms with Crippen molar-refractivity contribution in [2.24, 2.45) is 11.7 Å². The Morgan fingerprint density at radius 1 is 1.32 bits per heavy atom. The number of benzene rings is 1. The van der Waals surface area contributed by atoms with E-state index in [4.69, 9.17) is 10.5 Å². The Morgan fingerprint density at radius 2 is 2.00 bits per heavy atom. The second-order valence-corrected chi connectivity index (χ2v) is 4.64. The fraction of sp³-hybridized carbons (Fsp3) is 0.286. The van der Waals surface area contributed by atoms with Gasteiger partial charge in [0, 0.05) is 0 Å². The molecule has 0 radical (unpaired) electrons. The van der Waals surface area contributed by atoms with E-state index in [-0.39, 0.29) is 5.92 Å². The maximum Gasteiger partial charge on any atom is 0.258 e. The van der Waals surface area contributed by atoms with E-state index in [1.807, 2.05) is 44.2 Å². The molecule has 5 heteroatoms. The summed E-state index contributed by atoms with van der Waals surface area (Å²) in [6.45, 7) is 3.77. The van der Waals surface area contributed by atoms with Crippen molar-refractivity contribution >= 4 is 5.91 Å². The lowest BCUT2D eigenvalue weighted by molar-refractivity contribution is -0.126. The van der Waals surface area contributed by atoms with Crippen LogP contribution < -0.4 is 10.5 Å². The maximum absolute atomic E-state index is 11.3. The molecule has 19 heavy (non-hydrogen) atoms. The summed E-state index contributed by atoms with van der Waals surface area (Å²) in [5.41, 5.74) is 6.24. The smallest absolute Gasteiger partial charge is 0.258 e. The van der Waals surface area contributed by atoms with Crippen molar-refractivity contribution in [3.05, 3.63) is 42.7 Å². The fourth-order valence-electron chi connectivity index (χ4n) is 1.76. The normalized spacial score (nSPS) is 12.4. The average molecular weight is 259 g/mol. The molecule has 0 aliphatic rings. The molecule has 2 rings (SSSR count). The van der Waals surface area contributed by atoms with Gasteiger partial charge in [-0.25, -0.2) is 4.68 Å². The van der Waals surface area contributed by atoms with Gasteiger partial charge in [0.25, 0.3) is 5.91 Å². The first-order valence-corrected chi connectivity index (χ1v) is 6.14. The number of primary amides is 1. The van der Waals surface area contributed by atoms with Crippen LogP contribution in [0.5, 0.6) is 5.75 Å². The van der Waals surface area contributed by atoms with Crippen LogP contribution in [-0.4, -0.2) is 21.8 Å². The summed E-state index contributed by atoms with van der Waals surface area (Å²) < 4.78 is 7.27. The highest BCUT2D eigenvalue weighted by molar-refractivity contribution is 5.79. The molecule has 1 amide bonds. The van der Waals surface area contributed by atoms with E-state index in [2.05, 4.69) is 5.10 Å². The molecule has 2 N–H and O–H groups in total. The number of nitrogens with zero attached hydrogens (tertiary/aromatic N) is 2. The Bertz CT molecular complexity index is 549. The van der Waals surface area contributed by atoms with Gasteiger partial charge in [0.2, 0.25) is 0 Å². The number of carbonyl (C=O) groups is 1. The van der Waals surface area contributed by atoms with Gasteiger partial charge in [0.15, 0.2) is 11.9 Å². The van der Waals surface area contributed by atoms with Gasteiger partial charge in [-0.05, 0) is 18.1 Å². The third-order valence-electron chi connectivity index (χ3n) is 2.73. The molecule has 0 bridgehead atoms. The standard InChI is InChI=1S/C14H17N3O2/c1-10(2)13(14(15)18)19-12-8-16-17(9-12)11-6-4-3-5-7-11/h3-10,13H,1-2H3,(H2,15,18). The van der Waals surface area contributed by atoms with Gasteiger partial charge in [-0.3, -0.25) is 4.79 Å². The summed E-state index contributed by atoms with van der Waals surface area (Å²) in [5.74, 6) is 0.0707. The van der Waals surface area contributed by atoms with Crippen molar-refractivity contribution < 1.29 is 9.53 Å². The van der Waals surface area contributed by atoms with Crippen LogP contribution in [0, 0.1) is 5.92 Å². The van der Waals surface area contributed by atoms with Crippen LogP contribution in [0.2, 0.25) is 0 Å². The van der Waals surface area contributed by atoms with E-state index in [1.54, 1.807) is 17.1 Å². The van der Waals surface area contributed by atoms with Crippen molar-refractivity contribution in [1.29, 1.82) is 0 Å². The van der Waals surface area contributed by atoms with Crippen molar-refractivity contribution in [3.63, 3.8) is 0 Å². The SMILES string of the molecule is CC(C)C(Oc1cnn(-c2ccccc2)c1)C(N)=O. The third kappa shape index (κ3) is 3.13. The number of aromatic nitrogens is 2. The largest absolute Gasteiger partial charge is 0.477 e. The van der Waals surface area contributed by atoms with E-state index in [0.717, 1.165) is 5.69 Å². The lowest BCUT2D eigenvalue weighted by atomic mass is 10.1. The third-order valence-corrected chi connectivity index (χ3v) is 2.73. The Morgan fingerprint density at radius 3 is 2.58 bits per heavy atom. The minimum Gasteiger partial charge on any atom is -0.477 e. The van der Waals surface area contributed by atoms with Crippen molar-refractivity contribution in [2.75, 3.05) is 0 Å². The quantitative estimate of drug-likeness (QED) is 0.889. The minimum absolute atomic E-state index is 0.0116. The molecule has 1 aromatic heterocycles. The number of carbonyl (C=O) groups excluding carboxylic acids is 1. The van der Waals surface area contributed by atoms with Gasteiger partial charge in [-0.1, -0.05) is 32.0 Å². The number of para-hydroxylation sites is 1. The summed E-state index contributed by atoms with van der Waals surface area (Å²) in [6.07, 6.45) is 2.66. The molecule has 1 unspecified atom stereocenters. The second-order valence-electron chi connectivity index (χ2n) is 4.64. The van der Waals surface area contributed by atoms with Crippen LogP contribution in [0.4, 0.5) is 0 Å². The monoisotopic (exact) mass is 259 g/mol. The summed E-state index contributed by atoms with van der Waals surface area (Å²) >= 11 is 0. The number of ether oxygens (including phenoxy) is 1. The second kappa shape index (κ2) is 5.56. The predicted octanol–water partition coefficient (Wildman–Crippen LogP) is 1.76. The van der Waals surface area contributed by atoms with Crippen LogP contribution >= 0.6 is 0 Å². The van der Waals surface area contributed by atoms with Crippen LogP contribution in [0.1, 0.15) is 13.8 Å². The van der Waals surface area contributed by atoms with Gasteiger partial charge >= 0.3 is 0 Å². The number of hydrogen-bond donors (Lipinski definition) is 1. The van der Waals surface area contributed by atoms with Crippen LogP contribution in [0.15, 0.2) is 42.7 Å². The van der Waals surface area contributed by atoms with Crippen LogP contribution in [-0.2, 0) is 4.79 Å². The molecule has 0 saturated heterocycles. The molecule has 0 saturated carbocycles. The van der Waals surface area contributed by atoms with E-state index in [1.165, 1.54) is 0 Å². The van der Waals surface area contributed by atoms with E-state index in [0.29, 0.717) is 5.75 Å². The Labute approximate surface area is 112 Å². The molecule has 0 aliphatic heterocycles. The number of amides is 1. The van der Waals surface area contributed by atoms with Gasteiger partial charge in [0.1, 0.15) is 0 Å². The Hall–Kier alpha value is -2.30. The molecule has 0 aliphatic carbocycles. The van der Waals surface area contributed by atoms with Gasteiger partial charge in [0.05, 0.1) is 18.1 Å². The minimum atomic E-state index is -0.645. The number of rotatable bonds is 5.